The Morgan fingerprint density at radius 3 is 2.31 bits per heavy atom. The van der Waals surface area contributed by atoms with E-state index in [0.717, 1.165) is 12.1 Å². The molecule has 16 heavy (non-hydrogen) atoms. The maximum absolute atomic E-state index is 10.7. The van der Waals surface area contributed by atoms with Crippen LogP contribution in [-0.2, 0) is 4.79 Å². The van der Waals surface area contributed by atoms with Crippen molar-refractivity contribution < 1.29 is 9.90 Å². The van der Waals surface area contributed by atoms with Gasteiger partial charge in [0.15, 0.2) is 0 Å². The van der Waals surface area contributed by atoms with Gasteiger partial charge in [-0.05, 0) is 24.6 Å². The lowest BCUT2D eigenvalue weighted by atomic mass is 10.2. The van der Waals surface area contributed by atoms with Crippen molar-refractivity contribution in [3.05, 3.63) is 28.2 Å². The van der Waals surface area contributed by atoms with Gasteiger partial charge in [-0.3, -0.25) is 4.79 Å². The molecule has 1 rings (SSSR count). The van der Waals surface area contributed by atoms with Gasteiger partial charge >= 0.3 is 5.97 Å². The zero-order valence-corrected chi connectivity index (χ0v) is 10.4. The van der Waals surface area contributed by atoms with Gasteiger partial charge in [-0.15, -0.1) is 0 Å². The SMILES string of the molecule is CCCN(CC(=O)O)c1cc(Cl)cc(Cl)c1. The summed E-state index contributed by atoms with van der Waals surface area (Å²) in [5.74, 6) is -0.871. The summed E-state index contributed by atoms with van der Waals surface area (Å²) in [5, 5.41) is 9.82. The summed E-state index contributed by atoms with van der Waals surface area (Å²) in [5.41, 5.74) is 0.738. The van der Waals surface area contributed by atoms with E-state index < -0.39 is 5.97 Å². The number of hydrogen-bond donors (Lipinski definition) is 1. The predicted octanol–water partition coefficient (Wildman–Crippen LogP) is 3.29. The van der Waals surface area contributed by atoms with Crippen LogP contribution in [-0.4, -0.2) is 24.2 Å². The Morgan fingerprint density at radius 1 is 1.31 bits per heavy atom. The Bertz CT molecular complexity index is 362. The van der Waals surface area contributed by atoms with Gasteiger partial charge in [-0.2, -0.15) is 0 Å². The first kappa shape index (κ1) is 13.1. The molecule has 0 amide bonds. The molecule has 0 radical (unpaired) electrons. The van der Waals surface area contributed by atoms with Gasteiger partial charge in [0.05, 0.1) is 0 Å². The first-order chi connectivity index (χ1) is 7.52. The number of carboxylic acids is 1. The van der Waals surface area contributed by atoms with E-state index in [9.17, 15) is 4.79 Å². The van der Waals surface area contributed by atoms with Crippen molar-refractivity contribution in [2.75, 3.05) is 18.0 Å². The molecule has 0 aliphatic heterocycles. The fourth-order valence-electron chi connectivity index (χ4n) is 1.45. The molecule has 0 bridgehead atoms. The van der Waals surface area contributed by atoms with Crippen LogP contribution < -0.4 is 4.90 Å². The quantitative estimate of drug-likeness (QED) is 0.885. The summed E-state index contributed by atoms with van der Waals surface area (Å²) in [6, 6.07) is 5.05. The first-order valence-corrected chi connectivity index (χ1v) is 5.71. The second kappa shape index (κ2) is 5.97. The van der Waals surface area contributed by atoms with Crippen LogP contribution in [0.4, 0.5) is 5.69 Å². The molecule has 0 spiro atoms. The average Bonchev–Trinajstić information content (AvgIpc) is 2.14. The highest BCUT2D eigenvalue weighted by Crippen LogP contribution is 2.25. The number of benzene rings is 1. The van der Waals surface area contributed by atoms with Crippen LogP contribution in [0.5, 0.6) is 0 Å². The zero-order chi connectivity index (χ0) is 12.1. The number of rotatable bonds is 5. The molecule has 3 nitrogen and oxygen atoms in total. The number of nitrogens with zero attached hydrogens (tertiary/aromatic N) is 1. The van der Waals surface area contributed by atoms with Crippen molar-refractivity contribution in [2.24, 2.45) is 0 Å². The molecular weight excluding hydrogens is 249 g/mol. The minimum absolute atomic E-state index is 0.0511. The molecule has 0 fully saturated rings. The van der Waals surface area contributed by atoms with Crippen molar-refractivity contribution in [1.82, 2.24) is 0 Å². The summed E-state index contributed by atoms with van der Waals surface area (Å²) < 4.78 is 0. The van der Waals surface area contributed by atoms with Gasteiger partial charge in [0, 0.05) is 22.3 Å². The Morgan fingerprint density at radius 2 is 1.88 bits per heavy atom. The van der Waals surface area contributed by atoms with E-state index in [4.69, 9.17) is 28.3 Å². The van der Waals surface area contributed by atoms with E-state index in [2.05, 4.69) is 0 Å². The molecule has 0 heterocycles. The first-order valence-electron chi connectivity index (χ1n) is 4.95. The average molecular weight is 262 g/mol. The fraction of sp³-hybridized carbons (Fsp3) is 0.364. The number of aliphatic carboxylic acids is 1. The van der Waals surface area contributed by atoms with Gasteiger partial charge in [0.1, 0.15) is 6.54 Å². The molecular formula is C11H13Cl2NO2. The van der Waals surface area contributed by atoms with E-state index in [1.165, 1.54) is 0 Å². The molecule has 0 atom stereocenters. The number of halogens is 2. The highest BCUT2D eigenvalue weighted by molar-refractivity contribution is 6.35. The topological polar surface area (TPSA) is 40.5 Å². The van der Waals surface area contributed by atoms with E-state index in [-0.39, 0.29) is 6.54 Å². The fourth-order valence-corrected chi connectivity index (χ4v) is 1.97. The molecule has 1 N–H and O–H groups in total. The van der Waals surface area contributed by atoms with Crippen molar-refractivity contribution in [2.45, 2.75) is 13.3 Å². The smallest absolute Gasteiger partial charge is 0.323 e. The van der Waals surface area contributed by atoms with E-state index in [1.54, 1.807) is 23.1 Å². The van der Waals surface area contributed by atoms with Crippen LogP contribution in [0, 0.1) is 0 Å². The van der Waals surface area contributed by atoms with Gasteiger partial charge in [-0.1, -0.05) is 30.1 Å². The Balaban J connectivity index is 2.95. The van der Waals surface area contributed by atoms with Crippen LogP contribution >= 0.6 is 23.2 Å². The van der Waals surface area contributed by atoms with E-state index in [0.29, 0.717) is 16.6 Å². The normalized spacial score (nSPS) is 10.2. The molecule has 1 aromatic rings. The Hall–Kier alpha value is -0.930. The zero-order valence-electron chi connectivity index (χ0n) is 8.91. The minimum atomic E-state index is -0.871. The Kier molecular flexibility index (Phi) is 4.90. The maximum Gasteiger partial charge on any atom is 0.323 e. The van der Waals surface area contributed by atoms with Gasteiger partial charge in [-0.25, -0.2) is 0 Å². The van der Waals surface area contributed by atoms with Crippen molar-refractivity contribution in [3.8, 4) is 0 Å². The monoisotopic (exact) mass is 261 g/mol. The highest BCUT2D eigenvalue weighted by Gasteiger charge is 2.11. The van der Waals surface area contributed by atoms with Gasteiger partial charge < -0.3 is 10.0 Å². The minimum Gasteiger partial charge on any atom is -0.480 e. The highest BCUT2D eigenvalue weighted by atomic mass is 35.5. The Labute approximate surface area is 105 Å². The van der Waals surface area contributed by atoms with Crippen LogP contribution in [0.1, 0.15) is 13.3 Å². The summed E-state index contributed by atoms with van der Waals surface area (Å²) in [7, 11) is 0. The predicted molar refractivity (Wildman–Crippen MR) is 66.6 cm³/mol. The van der Waals surface area contributed by atoms with E-state index >= 15 is 0 Å². The standard InChI is InChI=1S/C11H13Cl2NO2/c1-2-3-14(7-11(15)16)10-5-8(12)4-9(13)6-10/h4-6H,2-3,7H2,1H3,(H,15,16). The molecule has 0 saturated heterocycles. The molecule has 88 valence electrons. The third-order valence-corrected chi connectivity index (χ3v) is 2.47. The number of hydrogen-bond acceptors (Lipinski definition) is 2. The summed E-state index contributed by atoms with van der Waals surface area (Å²) in [6.45, 7) is 2.59. The van der Waals surface area contributed by atoms with Crippen LogP contribution in [0.15, 0.2) is 18.2 Å². The van der Waals surface area contributed by atoms with Crippen molar-refractivity contribution >= 4 is 34.9 Å². The third-order valence-electron chi connectivity index (χ3n) is 2.03. The largest absolute Gasteiger partial charge is 0.480 e. The van der Waals surface area contributed by atoms with Crippen molar-refractivity contribution in [1.29, 1.82) is 0 Å². The molecule has 0 saturated carbocycles. The van der Waals surface area contributed by atoms with E-state index in [1.807, 2.05) is 6.92 Å². The van der Waals surface area contributed by atoms with Gasteiger partial charge in [0.2, 0.25) is 0 Å². The lowest BCUT2D eigenvalue weighted by Gasteiger charge is -2.22. The summed E-state index contributed by atoms with van der Waals surface area (Å²) in [4.78, 5) is 12.5. The molecule has 0 aliphatic rings. The van der Waals surface area contributed by atoms with Crippen LogP contribution in [0.3, 0.4) is 0 Å². The molecule has 0 unspecified atom stereocenters. The second-order valence-electron chi connectivity index (χ2n) is 3.44. The van der Waals surface area contributed by atoms with Gasteiger partial charge in [0.25, 0.3) is 0 Å². The lowest BCUT2D eigenvalue weighted by molar-refractivity contribution is -0.135. The third kappa shape index (κ3) is 3.91. The maximum atomic E-state index is 10.7. The summed E-state index contributed by atoms with van der Waals surface area (Å²) >= 11 is 11.7. The molecule has 1 aromatic carbocycles. The second-order valence-corrected chi connectivity index (χ2v) is 4.32. The number of carboxylic acid groups (broad SMARTS) is 1. The summed E-state index contributed by atoms with van der Waals surface area (Å²) in [6.07, 6.45) is 0.859. The van der Waals surface area contributed by atoms with Crippen LogP contribution in [0.2, 0.25) is 10.0 Å². The lowest BCUT2D eigenvalue weighted by Crippen LogP contribution is -2.30. The number of carbonyl (C=O) groups is 1. The molecule has 0 aromatic heterocycles. The van der Waals surface area contributed by atoms with Crippen LogP contribution in [0.25, 0.3) is 0 Å². The molecule has 0 aliphatic carbocycles. The number of anilines is 1. The van der Waals surface area contributed by atoms with Crippen molar-refractivity contribution in [3.63, 3.8) is 0 Å². The molecule has 5 heteroatoms.